The number of benzene rings is 1. The fourth-order valence-electron chi connectivity index (χ4n) is 2.82. The number of rotatable bonds is 3. The minimum atomic E-state index is -0.930. The third-order valence-corrected chi connectivity index (χ3v) is 3.74. The SMILES string of the molecule is Cc1ccc([C@H]2OC(C)(C)N(C(=O)CC#N)[C@@H]2CF)cc1. The summed E-state index contributed by atoms with van der Waals surface area (Å²) >= 11 is 0. The third-order valence-electron chi connectivity index (χ3n) is 3.74. The van der Waals surface area contributed by atoms with Crippen molar-refractivity contribution in [2.75, 3.05) is 6.67 Å². The highest BCUT2D eigenvalue weighted by atomic mass is 19.1. The molecule has 1 aliphatic rings. The zero-order valence-corrected chi connectivity index (χ0v) is 12.5. The van der Waals surface area contributed by atoms with E-state index in [9.17, 15) is 9.18 Å². The Morgan fingerprint density at radius 3 is 2.57 bits per heavy atom. The van der Waals surface area contributed by atoms with Gasteiger partial charge in [0, 0.05) is 0 Å². The van der Waals surface area contributed by atoms with Crippen LogP contribution in [0, 0.1) is 18.3 Å². The minimum Gasteiger partial charge on any atom is -0.346 e. The van der Waals surface area contributed by atoms with Crippen LogP contribution in [0.25, 0.3) is 0 Å². The van der Waals surface area contributed by atoms with Crippen molar-refractivity contribution in [3.05, 3.63) is 35.4 Å². The highest BCUT2D eigenvalue weighted by molar-refractivity contribution is 5.79. The standard InChI is InChI=1S/C16H19FN2O2/c1-11-4-6-12(7-5-11)15-13(10-17)19(14(20)8-9-18)16(2,3)21-15/h4-7,13,15H,8,10H2,1-3H3/t13-,15-/m1/s1. The molecule has 5 heteroatoms. The number of carbonyl (C=O) groups excluding carboxylic acids is 1. The van der Waals surface area contributed by atoms with Crippen molar-refractivity contribution in [3.8, 4) is 6.07 Å². The van der Waals surface area contributed by atoms with Crippen LogP contribution in [-0.2, 0) is 9.53 Å². The second-order valence-corrected chi connectivity index (χ2v) is 5.72. The third kappa shape index (κ3) is 2.91. The quantitative estimate of drug-likeness (QED) is 0.860. The number of alkyl halides is 1. The van der Waals surface area contributed by atoms with E-state index in [0.717, 1.165) is 11.1 Å². The predicted octanol–water partition coefficient (Wildman–Crippen LogP) is 2.88. The molecule has 0 N–H and O–H groups in total. The molecule has 0 aromatic heterocycles. The van der Waals surface area contributed by atoms with Gasteiger partial charge in [0.15, 0.2) is 0 Å². The maximum absolute atomic E-state index is 13.6. The molecule has 0 spiro atoms. The van der Waals surface area contributed by atoms with Crippen LogP contribution in [0.1, 0.15) is 37.5 Å². The lowest BCUT2D eigenvalue weighted by Crippen LogP contribution is -2.48. The lowest BCUT2D eigenvalue weighted by molar-refractivity contribution is -0.146. The van der Waals surface area contributed by atoms with Crippen LogP contribution < -0.4 is 0 Å². The molecule has 1 amide bonds. The number of ether oxygens (including phenoxy) is 1. The average Bonchev–Trinajstić information content (AvgIpc) is 2.70. The molecule has 112 valence electrons. The van der Waals surface area contributed by atoms with Crippen molar-refractivity contribution >= 4 is 5.91 Å². The summed E-state index contributed by atoms with van der Waals surface area (Å²) in [4.78, 5) is 13.5. The highest BCUT2D eigenvalue weighted by Gasteiger charge is 2.50. The minimum absolute atomic E-state index is 0.274. The Kier molecular flexibility index (Phi) is 4.29. The van der Waals surface area contributed by atoms with Gasteiger partial charge in [-0.2, -0.15) is 5.26 Å². The van der Waals surface area contributed by atoms with Gasteiger partial charge in [-0.05, 0) is 26.3 Å². The van der Waals surface area contributed by atoms with Crippen LogP contribution in [0.3, 0.4) is 0 Å². The second-order valence-electron chi connectivity index (χ2n) is 5.72. The molecular formula is C16H19FN2O2. The molecule has 1 aliphatic heterocycles. The molecule has 1 aromatic rings. The molecule has 1 saturated heterocycles. The van der Waals surface area contributed by atoms with E-state index in [4.69, 9.17) is 10.00 Å². The van der Waals surface area contributed by atoms with Crippen molar-refractivity contribution in [2.45, 2.75) is 45.1 Å². The Balaban J connectivity index is 2.35. The van der Waals surface area contributed by atoms with Crippen molar-refractivity contribution in [1.82, 2.24) is 4.90 Å². The average molecular weight is 290 g/mol. The van der Waals surface area contributed by atoms with Crippen LogP contribution in [-0.4, -0.2) is 29.2 Å². The van der Waals surface area contributed by atoms with Gasteiger partial charge in [0.25, 0.3) is 0 Å². The van der Waals surface area contributed by atoms with Gasteiger partial charge in [-0.15, -0.1) is 0 Å². The molecular weight excluding hydrogens is 271 g/mol. The van der Waals surface area contributed by atoms with Crippen LogP contribution in [0.4, 0.5) is 4.39 Å². The number of halogens is 1. The second kappa shape index (κ2) is 5.82. The summed E-state index contributed by atoms with van der Waals surface area (Å²) < 4.78 is 19.5. The van der Waals surface area contributed by atoms with E-state index in [1.807, 2.05) is 37.3 Å². The molecule has 2 atom stereocenters. The maximum atomic E-state index is 13.6. The van der Waals surface area contributed by atoms with Gasteiger partial charge in [-0.3, -0.25) is 4.79 Å². The molecule has 21 heavy (non-hydrogen) atoms. The van der Waals surface area contributed by atoms with Crippen molar-refractivity contribution in [2.24, 2.45) is 0 Å². The number of aryl methyl sites for hydroxylation is 1. The fourth-order valence-corrected chi connectivity index (χ4v) is 2.82. The summed E-state index contributed by atoms with van der Waals surface area (Å²) in [5.74, 6) is -0.403. The molecule has 2 rings (SSSR count). The maximum Gasteiger partial charge on any atom is 0.239 e. The van der Waals surface area contributed by atoms with Crippen molar-refractivity contribution < 1.29 is 13.9 Å². The Hall–Kier alpha value is -1.93. The van der Waals surface area contributed by atoms with Crippen LogP contribution in [0.2, 0.25) is 0 Å². The first-order valence-corrected chi connectivity index (χ1v) is 6.90. The Morgan fingerprint density at radius 2 is 2.05 bits per heavy atom. The van der Waals surface area contributed by atoms with Gasteiger partial charge < -0.3 is 9.64 Å². The molecule has 0 bridgehead atoms. The predicted molar refractivity (Wildman–Crippen MR) is 75.9 cm³/mol. The molecule has 0 radical (unpaired) electrons. The van der Waals surface area contributed by atoms with Crippen LogP contribution >= 0.6 is 0 Å². The van der Waals surface area contributed by atoms with Gasteiger partial charge in [-0.1, -0.05) is 29.8 Å². The topological polar surface area (TPSA) is 53.3 Å². The number of hydrogen-bond donors (Lipinski definition) is 0. The summed E-state index contributed by atoms with van der Waals surface area (Å²) in [6.45, 7) is 4.70. The first-order valence-electron chi connectivity index (χ1n) is 6.90. The molecule has 4 nitrogen and oxygen atoms in total. The first-order chi connectivity index (χ1) is 9.90. The van der Waals surface area contributed by atoms with E-state index in [-0.39, 0.29) is 6.42 Å². The normalized spacial score (nSPS) is 23.9. The molecule has 1 fully saturated rings. The van der Waals surface area contributed by atoms with E-state index in [0.29, 0.717) is 0 Å². The summed E-state index contributed by atoms with van der Waals surface area (Å²) in [6, 6.07) is 8.75. The lowest BCUT2D eigenvalue weighted by atomic mass is 10.0. The molecule has 1 heterocycles. The van der Waals surface area contributed by atoms with Gasteiger partial charge in [0.1, 0.15) is 24.9 Å². The number of carbonyl (C=O) groups is 1. The van der Waals surface area contributed by atoms with E-state index in [2.05, 4.69) is 0 Å². The van der Waals surface area contributed by atoms with E-state index in [1.165, 1.54) is 4.90 Å². The van der Waals surface area contributed by atoms with E-state index >= 15 is 0 Å². The van der Waals surface area contributed by atoms with Crippen molar-refractivity contribution in [1.29, 1.82) is 5.26 Å². The van der Waals surface area contributed by atoms with Gasteiger partial charge in [0.05, 0.1) is 12.1 Å². The Labute approximate surface area is 124 Å². The van der Waals surface area contributed by atoms with Gasteiger partial charge in [-0.25, -0.2) is 4.39 Å². The van der Waals surface area contributed by atoms with Gasteiger partial charge in [0.2, 0.25) is 5.91 Å². The molecule has 0 unspecified atom stereocenters. The monoisotopic (exact) mass is 290 g/mol. The summed E-state index contributed by atoms with van der Waals surface area (Å²) in [6.07, 6.45) is -0.794. The number of nitrogens with zero attached hydrogens (tertiary/aromatic N) is 2. The van der Waals surface area contributed by atoms with Crippen LogP contribution in [0.15, 0.2) is 24.3 Å². The number of hydrogen-bond acceptors (Lipinski definition) is 3. The van der Waals surface area contributed by atoms with E-state index < -0.39 is 30.5 Å². The number of amides is 1. The fraction of sp³-hybridized carbons (Fsp3) is 0.500. The first kappa shape index (κ1) is 15.5. The Morgan fingerprint density at radius 1 is 1.43 bits per heavy atom. The summed E-state index contributed by atoms with van der Waals surface area (Å²) in [7, 11) is 0. The largest absolute Gasteiger partial charge is 0.346 e. The molecule has 0 aliphatic carbocycles. The smallest absolute Gasteiger partial charge is 0.239 e. The summed E-state index contributed by atoms with van der Waals surface area (Å²) in [5, 5.41) is 8.71. The highest BCUT2D eigenvalue weighted by Crippen LogP contribution is 2.41. The number of nitriles is 1. The van der Waals surface area contributed by atoms with Gasteiger partial charge >= 0.3 is 0 Å². The zero-order valence-electron chi connectivity index (χ0n) is 12.5. The van der Waals surface area contributed by atoms with E-state index in [1.54, 1.807) is 13.8 Å². The zero-order chi connectivity index (χ0) is 15.6. The molecule has 1 aromatic carbocycles. The molecule has 0 saturated carbocycles. The summed E-state index contributed by atoms with van der Waals surface area (Å²) in [5.41, 5.74) is 1.01. The Bertz CT molecular complexity index is 563. The lowest BCUT2D eigenvalue weighted by Gasteiger charge is -2.32. The van der Waals surface area contributed by atoms with Crippen LogP contribution in [0.5, 0.6) is 0 Å². The van der Waals surface area contributed by atoms with Crippen molar-refractivity contribution in [3.63, 3.8) is 0 Å².